The van der Waals surface area contributed by atoms with Gasteiger partial charge in [-0.05, 0) is 69.7 Å². The molecule has 2 aromatic carbocycles. The average molecular weight is 449 g/mol. The van der Waals surface area contributed by atoms with Gasteiger partial charge in [-0.2, -0.15) is 0 Å². The molecule has 0 N–H and O–H groups in total. The molecule has 1 fully saturated rings. The van der Waals surface area contributed by atoms with Crippen molar-refractivity contribution >= 4 is 11.8 Å². The third kappa shape index (κ3) is 5.40. The predicted octanol–water partition coefficient (Wildman–Crippen LogP) is 5.47. The van der Waals surface area contributed by atoms with Crippen LogP contribution in [0.2, 0.25) is 0 Å². The number of benzene rings is 2. The second-order valence-electron chi connectivity index (χ2n) is 9.37. The van der Waals surface area contributed by atoms with E-state index in [-0.39, 0.29) is 24.0 Å². The Hall–Kier alpha value is -2.82. The van der Waals surface area contributed by atoms with Crippen molar-refractivity contribution in [2.75, 3.05) is 19.6 Å². The van der Waals surface area contributed by atoms with Crippen LogP contribution in [0, 0.1) is 6.92 Å². The highest BCUT2D eigenvalue weighted by atomic mass is 16.5. The molecule has 1 aliphatic carbocycles. The van der Waals surface area contributed by atoms with Gasteiger partial charge in [0.25, 0.3) is 11.8 Å². The maximum atomic E-state index is 13.7. The number of aryl methyl sites for hydroxylation is 1. The van der Waals surface area contributed by atoms with Gasteiger partial charge in [-0.1, -0.05) is 43.2 Å². The van der Waals surface area contributed by atoms with Crippen LogP contribution < -0.4 is 4.74 Å². The van der Waals surface area contributed by atoms with Crippen molar-refractivity contribution < 1.29 is 14.3 Å². The number of amides is 2. The number of rotatable bonds is 3. The van der Waals surface area contributed by atoms with E-state index in [1.165, 1.54) is 0 Å². The first-order valence-electron chi connectivity index (χ1n) is 12.5. The highest BCUT2D eigenvalue weighted by Gasteiger charge is 2.36. The number of hydrogen-bond acceptors (Lipinski definition) is 3. The van der Waals surface area contributed by atoms with E-state index in [9.17, 15) is 9.59 Å². The molecule has 4 rings (SSSR count). The molecule has 0 radical (unpaired) electrons. The van der Waals surface area contributed by atoms with Crippen LogP contribution in [-0.2, 0) is 0 Å². The summed E-state index contributed by atoms with van der Waals surface area (Å²) < 4.78 is 6.56. The summed E-state index contributed by atoms with van der Waals surface area (Å²) in [5.41, 5.74) is 2.52. The van der Waals surface area contributed by atoms with Crippen LogP contribution in [0.1, 0.15) is 78.1 Å². The Morgan fingerprint density at radius 3 is 2.48 bits per heavy atom. The summed E-state index contributed by atoms with van der Waals surface area (Å²) in [6.45, 7) is 6.25. The SMILES string of the molecule is CCCN1CCCCN(C(=O)c2ccc(C)cc2)[C@@H]2CCCC[C@@H]2Oc2ccccc2C1=O. The van der Waals surface area contributed by atoms with Crippen molar-refractivity contribution in [1.82, 2.24) is 9.80 Å². The van der Waals surface area contributed by atoms with Gasteiger partial charge in [-0.15, -0.1) is 0 Å². The van der Waals surface area contributed by atoms with Gasteiger partial charge in [0.1, 0.15) is 11.9 Å². The van der Waals surface area contributed by atoms with Gasteiger partial charge in [-0.3, -0.25) is 9.59 Å². The molecule has 1 heterocycles. The molecule has 0 unspecified atom stereocenters. The summed E-state index contributed by atoms with van der Waals surface area (Å²) in [6, 6.07) is 15.5. The Balaban J connectivity index is 1.68. The van der Waals surface area contributed by atoms with Crippen molar-refractivity contribution in [2.45, 2.75) is 70.9 Å². The zero-order valence-corrected chi connectivity index (χ0v) is 20.0. The van der Waals surface area contributed by atoms with Gasteiger partial charge < -0.3 is 14.5 Å². The topological polar surface area (TPSA) is 49.9 Å². The summed E-state index contributed by atoms with van der Waals surface area (Å²) in [6.07, 6.45) is 6.54. The van der Waals surface area contributed by atoms with Gasteiger partial charge in [0.15, 0.2) is 0 Å². The lowest BCUT2D eigenvalue weighted by Crippen LogP contribution is -2.51. The lowest BCUT2D eigenvalue weighted by molar-refractivity contribution is 0.0259. The van der Waals surface area contributed by atoms with Crippen molar-refractivity contribution in [3.8, 4) is 5.75 Å². The van der Waals surface area contributed by atoms with E-state index < -0.39 is 0 Å². The van der Waals surface area contributed by atoms with Crippen LogP contribution in [0.15, 0.2) is 48.5 Å². The number of para-hydroxylation sites is 1. The molecule has 1 aliphatic heterocycles. The third-order valence-corrected chi connectivity index (χ3v) is 6.88. The zero-order valence-electron chi connectivity index (χ0n) is 20.0. The quantitative estimate of drug-likeness (QED) is 0.625. The number of ether oxygens (including phenoxy) is 1. The third-order valence-electron chi connectivity index (χ3n) is 6.88. The first-order valence-corrected chi connectivity index (χ1v) is 12.5. The van der Waals surface area contributed by atoms with E-state index >= 15 is 0 Å². The molecule has 2 atom stereocenters. The highest BCUT2D eigenvalue weighted by molar-refractivity contribution is 5.97. The summed E-state index contributed by atoms with van der Waals surface area (Å²) in [5, 5.41) is 0. The molecular formula is C28H36N2O3. The molecule has 0 saturated heterocycles. The van der Waals surface area contributed by atoms with Crippen LogP contribution in [0.25, 0.3) is 0 Å². The second-order valence-corrected chi connectivity index (χ2v) is 9.37. The summed E-state index contributed by atoms with van der Waals surface area (Å²) in [7, 11) is 0. The molecule has 176 valence electrons. The van der Waals surface area contributed by atoms with Crippen molar-refractivity contribution in [3.05, 3.63) is 65.2 Å². The molecule has 5 nitrogen and oxygen atoms in total. The minimum atomic E-state index is -0.110. The maximum absolute atomic E-state index is 13.7. The molecule has 33 heavy (non-hydrogen) atoms. The van der Waals surface area contributed by atoms with Crippen LogP contribution in [0.4, 0.5) is 0 Å². The Morgan fingerprint density at radius 1 is 0.970 bits per heavy atom. The summed E-state index contributed by atoms with van der Waals surface area (Å²) in [4.78, 5) is 31.0. The first kappa shape index (κ1) is 23.3. The Labute approximate surface area is 197 Å². The number of nitrogens with zero attached hydrogens (tertiary/aromatic N) is 2. The number of carbonyl (C=O) groups is 2. The monoisotopic (exact) mass is 448 g/mol. The summed E-state index contributed by atoms with van der Waals surface area (Å²) in [5.74, 6) is 0.777. The second kappa shape index (κ2) is 10.9. The van der Waals surface area contributed by atoms with Gasteiger partial charge in [0.2, 0.25) is 0 Å². The van der Waals surface area contributed by atoms with E-state index in [0.29, 0.717) is 24.4 Å². The van der Waals surface area contributed by atoms with Crippen molar-refractivity contribution in [3.63, 3.8) is 0 Å². The van der Waals surface area contributed by atoms with Crippen LogP contribution in [0.3, 0.4) is 0 Å². The highest BCUT2D eigenvalue weighted by Crippen LogP contribution is 2.31. The predicted molar refractivity (Wildman–Crippen MR) is 131 cm³/mol. The number of hydrogen-bond donors (Lipinski definition) is 0. The lowest BCUT2D eigenvalue weighted by atomic mass is 9.90. The molecular weight excluding hydrogens is 412 g/mol. The van der Waals surface area contributed by atoms with Crippen LogP contribution >= 0.6 is 0 Å². The minimum absolute atomic E-state index is 0.0156. The molecule has 5 heteroatoms. The average Bonchev–Trinajstić information content (AvgIpc) is 2.83. The van der Waals surface area contributed by atoms with Crippen LogP contribution in [-0.4, -0.2) is 53.4 Å². The molecule has 1 saturated carbocycles. The number of fused-ring (bicyclic) bond motifs is 2. The molecule has 2 amide bonds. The molecule has 2 aliphatic rings. The minimum Gasteiger partial charge on any atom is -0.487 e. The lowest BCUT2D eigenvalue weighted by Gasteiger charge is -2.40. The van der Waals surface area contributed by atoms with Gasteiger partial charge in [-0.25, -0.2) is 0 Å². The first-order chi connectivity index (χ1) is 16.1. The van der Waals surface area contributed by atoms with E-state index in [1.807, 2.05) is 60.4 Å². The fraction of sp³-hybridized carbons (Fsp3) is 0.500. The van der Waals surface area contributed by atoms with E-state index in [4.69, 9.17) is 4.74 Å². The molecule has 0 aromatic heterocycles. The Kier molecular flexibility index (Phi) is 7.69. The molecule has 0 bridgehead atoms. The number of carbonyl (C=O) groups excluding carboxylic acids is 2. The van der Waals surface area contributed by atoms with Gasteiger partial charge in [0, 0.05) is 25.2 Å². The Bertz CT molecular complexity index is 956. The maximum Gasteiger partial charge on any atom is 0.257 e. The van der Waals surface area contributed by atoms with E-state index in [1.54, 1.807) is 0 Å². The van der Waals surface area contributed by atoms with Crippen LogP contribution in [0.5, 0.6) is 5.75 Å². The smallest absolute Gasteiger partial charge is 0.257 e. The zero-order chi connectivity index (χ0) is 23.2. The van der Waals surface area contributed by atoms with Gasteiger partial charge >= 0.3 is 0 Å². The largest absolute Gasteiger partial charge is 0.487 e. The van der Waals surface area contributed by atoms with E-state index in [2.05, 4.69) is 11.8 Å². The Morgan fingerprint density at radius 2 is 1.70 bits per heavy atom. The van der Waals surface area contributed by atoms with Crippen molar-refractivity contribution in [2.24, 2.45) is 0 Å². The van der Waals surface area contributed by atoms with E-state index in [0.717, 1.165) is 62.6 Å². The molecule has 2 aromatic rings. The van der Waals surface area contributed by atoms with Gasteiger partial charge in [0.05, 0.1) is 11.6 Å². The fourth-order valence-corrected chi connectivity index (χ4v) is 5.10. The van der Waals surface area contributed by atoms with Crippen molar-refractivity contribution in [1.29, 1.82) is 0 Å². The standard InChI is InChI=1S/C28H36N2O3/c1-3-18-29-19-8-9-20-30(27(31)22-16-14-21(2)15-17-22)24-11-5-7-13-26(24)33-25-12-6-4-10-23(25)28(29)32/h4,6,10,12,14-17,24,26H,3,5,7-9,11,13,18-20H2,1-2H3/t24-,26+/m1/s1. The fourth-order valence-electron chi connectivity index (χ4n) is 5.10. The normalized spacial score (nSPS) is 21.8. The molecule has 0 spiro atoms. The summed E-state index contributed by atoms with van der Waals surface area (Å²) >= 11 is 0.